The van der Waals surface area contributed by atoms with Gasteiger partial charge in [-0.1, -0.05) is 41.4 Å². The van der Waals surface area contributed by atoms with E-state index in [1.807, 2.05) is 12.1 Å². The average molecular weight is 532 g/mol. The minimum atomic E-state index is -2.96. The molecular formula is C16H27BrIN3O2S. The van der Waals surface area contributed by atoms with Crippen LogP contribution in [-0.2, 0) is 16.3 Å². The molecule has 1 aromatic rings. The molecule has 5 nitrogen and oxygen atoms in total. The average Bonchev–Trinajstić information content (AvgIpc) is 2.48. The summed E-state index contributed by atoms with van der Waals surface area (Å²) >= 11 is 3.50. The zero-order chi connectivity index (χ0) is 17.3. The van der Waals surface area contributed by atoms with Crippen LogP contribution >= 0.6 is 39.9 Å². The van der Waals surface area contributed by atoms with E-state index in [0.29, 0.717) is 18.4 Å². The Morgan fingerprint density at radius 1 is 1.33 bits per heavy atom. The van der Waals surface area contributed by atoms with Gasteiger partial charge in [-0.25, -0.2) is 8.42 Å². The van der Waals surface area contributed by atoms with Crippen LogP contribution in [0.5, 0.6) is 0 Å². The predicted molar refractivity (Wildman–Crippen MR) is 116 cm³/mol. The third kappa shape index (κ3) is 10.5. The van der Waals surface area contributed by atoms with Crippen molar-refractivity contribution in [3.63, 3.8) is 0 Å². The van der Waals surface area contributed by atoms with Crippen LogP contribution in [0.1, 0.15) is 18.9 Å². The van der Waals surface area contributed by atoms with Gasteiger partial charge in [0, 0.05) is 30.9 Å². The largest absolute Gasteiger partial charge is 0.356 e. The summed E-state index contributed by atoms with van der Waals surface area (Å²) in [4.78, 5) is 4.13. The van der Waals surface area contributed by atoms with E-state index in [1.54, 1.807) is 7.05 Å². The monoisotopic (exact) mass is 531 g/mol. The van der Waals surface area contributed by atoms with Crippen molar-refractivity contribution in [3.05, 3.63) is 34.3 Å². The van der Waals surface area contributed by atoms with Gasteiger partial charge >= 0.3 is 0 Å². The maximum atomic E-state index is 11.1. The number of nitrogens with zero attached hydrogens (tertiary/aromatic N) is 1. The first-order chi connectivity index (χ1) is 10.8. The summed E-state index contributed by atoms with van der Waals surface area (Å²) in [5.74, 6) is 1.22. The number of halogens is 2. The molecule has 0 aliphatic rings. The second-order valence-corrected chi connectivity index (χ2v) is 8.79. The molecule has 8 heteroatoms. The van der Waals surface area contributed by atoms with E-state index in [-0.39, 0.29) is 29.7 Å². The number of nitrogens with one attached hydrogen (secondary N) is 2. The Morgan fingerprint density at radius 3 is 2.58 bits per heavy atom. The second kappa shape index (κ2) is 12.1. The molecule has 1 aromatic carbocycles. The van der Waals surface area contributed by atoms with Crippen molar-refractivity contribution in [2.75, 3.05) is 32.1 Å². The highest BCUT2D eigenvalue weighted by atomic mass is 127. The van der Waals surface area contributed by atoms with Gasteiger partial charge in [0.25, 0.3) is 0 Å². The van der Waals surface area contributed by atoms with Gasteiger partial charge in [0.05, 0.1) is 5.75 Å². The summed E-state index contributed by atoms with van der Waals surface area (Å²) in [5.41, 5.74) is 1.30. The molecule has 0 radical (unpaired) electrons. The van der Waals surface area contributed by atoms with Crippen molar-refractivity contribution in [2.45, 2.75) is 19.8 Å². The van der Waals surface area contributed by atoms with Crippen molar-refractivity contribution in [1.29, 1.82) is 0 Å². The topological polar surface area (TPSA) is 70.6 Å². The number of hydrogen-bond donors (Lipinski definition) is 2. The van der Waals surface area contributed by atoms with Gasteiger partial charge < -0.3 is 10.6 Å². The Balaban J connectivity index is 0.00000529. The van der Waals surface area contributed by atoms with Crippen LogP contribution in [0.4, 0.5) is 0 Å². The normalized spacial score (nSPS) is 13.1. The molecule has 1 unspecified atom stereocenters. The molecule has 2 N–H and O–H groups in total. The van der Waals surface area contributed by atoms with Gasteiger partial charge in [0.2, 0.25) is 0 Å². The predicted octanol–water partition coefficient (Wildman–Crippen LogP) is 2.85. The van der Waals surface area contributed by atoms with E-state index < -0.39 is 9.84 Å². The highest BCUT2D eigenvalue weighted by Crippen LogP contribution is 2.16. The Kier molecular flexibility index (Phi) is 11.9. The number of rotatable bonds is 8. The molecule has 0 saturated heterocycles. The Morgan fingerprint density at radius 2 is 2.04 bits per heavy atom. The van der Waals surface area contributed by atoms with Gasteiger partial charge in [-0.3, -0.25) is 4.99 Å². The fourth-order valence-corrected chi connectivity index (χ4v) is 3.09. The molecule has 138 valence electrons. The van der Waals surface area contributed by atoms with Crippen LogP contribution in [0, 0.1) is 5.92 Å². The molecule has 1 atom stereocenters. The van der Waals surface area contributed by atoms with Gasteiger partial charge in [0.15, 0.2) is 5.96 Å². The fourth-order valence-electron chi connectivity index (χ4n) is 2.17. The summed E-state index contributed by atoms with van der Waals surface area (Å²) < 4.78 is 23.4. The van der Waals surface area contributed by atoms with Crippen molar-refractivity contribution in [2.24, 2.45) is 10.9 Å². The molecule has 1 rings (SSSR count). The third-order valence-corrected chi connectivity index (χ3v) is 4.98. The first-order valence-electron chi connectivity index (χ1n) is 7.70. The molecule has 24 heavy (non-hydrogen) atoms. The molecular weight excluding hydrogens is 505 g/mol. The lowest BCUT2D eigenvalue weighted by Gasteiger charge is -2.18. The Bertz CT molecular complexity index is 624. The van der Waals surface area contributed by atoms with Crippen molar-refractivity contribution in [1.82, 2.24) is 10.6 Å². The standard InChI is InChI=1S/C16H26BrN3O2S.HI/c1-4-13(10-14-6-5-7-15(17)11-14)12-20-16(18-2)19-8-9-23(3,21)22;/h5-7,11,13H,4,8-10,12H2,1-3H3,(H2,18,19,20);1H. The Labute approximate surface area is 171 Å². The Hall–Kier alpha value is -0.350. The fraction of sp³-hybridized carbons (Fsp3) is 0.562. The highest BCUT2D eigenvalue weighted by Gasteiger charge is 2.09. The van der Waals surface area contributed by atoms with Gasteiger partial charge in [-0.15, -0.1) is 24.0 Å². The molecule has 0 aliphatic carbocycles. The van der Waals surface area contributed by atoms with Gasteiger partial charge in [0.1, 0.15) is 9.84 Å². The van der Waals surface area contributed by atoms with E-state index in [9.17, 15) is 8.42 Å². The zero-order valence-corrected chi connectivity index (χ0v) is 19.1. The minimum Gasteiger partial charge on any atom is -0.356 e. The molecule has 0 saturated carbocycles. The quantitative estimate of drug-likeness (QED) is 0.307. The summed E-state index contributed by atoms with van der Waals surface area (Å²) in [6.07, 6.45) is 3.28. The van der Waals surface area contributed by atoms with Crippen molar-refractivity contribution in [3.8, 4) is 0 Å². The number of benzene rings is 1. The first kappa shape index (κ1) is 23.6. The van der Waals surface area contributed by atoms with E-state index in [2.05, 4.69) is 50.6 Å². The van der Waals surface area contributed by atoms with E-state index in [1.165, 1.54) is 11.8 Å². The van der Waals surface area contributed by atoms with Crippen LogP contribution in [0.15, 0.2) is 33.7 Å². The molecule has 0 spiro atoms. The van der Waals surface area contributed by atoms with E-state index >= 15 is 0 Å². The molecule has 0 amide bonds. The molecule has 0 aromatic heterocycles. The van der Waals surface area contributed by atoms with Crippen molar-refractivity contribution >= 4 is 55.7 Å². The maximum Gasteiger partial charge on any atom is 0.191 e. The third-order valence-electron chi connectivity index (χ3n) is 3.54. The van der Waals surface area contributed by atoms with E-state index in [0.717, 1.165) is 23.9 Å². The lowest BCUT2D eigenvalue weighted by atomic mass is 9.97. The number of aliphatic imine (C=N–C) groups is 1. The molecule has 0 bridgehead atoms. The van der Waals surface area contributed by atoms with Crippen LogP contribution in [-0.4, -0.2) is 46.5 Å². The molecule has 0 heterocycles. The van der Waals surface area contributed by atoms with Crippen molar-refractivity contribution < 1.29 is 8.42 Å². The lowest BCUT2D eigenvalue weighted by molar-refractivity contribution is 0.494. The minimum absolute atomic E-state index is 0. The van der Waals surface area contributed by atoms with Crippen LogP contribution in [0.2, 0.25) is 0 Å². The SMILES string of the molecule is CCC(CNC(=NC)NCCS(C)(=O)=O)Cc1cccc(Br)c1.I. The van der Waals surface area contributed by atoms with Gasteiger partial charge in [-0.2, -0.15) is 0 Å². The summed E-state index contributed by atoms with van der Waals surface area (Å²) in [5, 5.41) is 6.30. The maximum absolute atomic E-state index is 11.1. The number of sulfone groups is 1. The van der Waals surface area contributed by atoms with Crippen LogP contribution < -0.4 is 10.6 Å². The summed E-state index contributed by atoms with van der Waals surface area (Å²) in [6.45, 7) is 3.33. The smallest absolute Gasteiger partial charge is 0.191 e. The highest BCUT2D eigenvalue weighted by molar-refractivity contribution is 14.0. The summed E-state index contributed by atoms with van der Waals surface area (Å²) in [6, 6.07) is 8.34. The number of guanidine groups is 1. The first-order valence-corrected chi connectivity index (χ1v) is 10.6. The summed E-state index contributed by atoms with van der Waals surface area (Å²) in [7, 11) is -1.27. The lowest BCUT2D eigenvalue weighted by Crippen LogP contribution is -2.41. The van der Waals surface area contributed by atoms with Gasteiger partial charge in [-0.05, 0) is 30.0 Å². The second-order valence-electron chi connectivity index (χ2n) is 5.62. The van der Waals surface area contributed by atoms with Crippen LogP contribution in [0.3, 0.4) is 0 Å². The zero-order valence-electron chi connectivity index (χ0n) is 14.4. The molecule has 0 fully saturated rings. The van der Waals surface area contributed by atoms with Crippen LogP contribution in [0.25, 0.3) is 0 Å². The number of hydrogen-bond acceptors (Lipinski definition) is 3. The van der Waals surface area contributed by atoms with E-state index in [4.69, 9.17) is 0 Å². The molecule has 0 aliphatic heterocycles.